The highest BCUT2D eigenvalue weighted by Gasteiger charge is 2.29. The Balaban J connectivity index is 1.79. The molecule has 1 saturated heterocycles. The molecule has 0 spiro atoms. The van der Waals surface area contributed by atoms with Gasteiger partial charge in [-0.25, -0.2) is 28.2 Å². The molecule has 27 heavy (non-hydrogen) atoms. The third kappa shape index (κ3) is 4.16. The molecule has 1 amide bonds. The number of nitrogens with zero attached hydrogens (tertiary/aromatic N) is 5. The molecule has 10 heteroatoms. The molecule has 1 aliphatic heterocycles. The highest BCUT2D eigenvalue weighted by atomic mass is 32.2. The Kier molecular flexibility index (Phi) is 5.26. The van der Waals surface area contributed by atoms with Gasteiger partial charge in [-0.15, -0.1) is 0 Å². The number of carbonyl (C=O) groups is 1. The molecular weight excluding hydrogens is 370 g/mol. The van der Waals surface area contributed by atoms with E-state index in [4.69, 9.17) is 0 Å². The largest absolute Gasteiger partial charge is 0.465 e. The fourth-order valence-corrected chi connectivity index (χ4v) is 3.59. The third-order valence-corrected chi connectivity index (χ3v) is 5.39. The highest BCUT2D eigenvalue weighted by molar-refractivity contribution is 7.90. The summed E-state index contributed by atoms with van der Waals surface area (Å²) in [4.78, 5) is 27.2. The Morgan fingerprint density at radius 2 is 2.04 bits per heavy atom. The maximum atomic E-state index is 11.6. The average Bonchev–Trinajstić information content (AvgIpc) is 2.67. The summed E-state index contributed by atoms with van der Waals surface area (Å²) in [6.45, 7) is 3.55. The summed E-state index contributed by atoms with van der Waals surface area (Å²) >= 11 is 0. The topological polar surface area (TPSA) is 117 Å². The molecule has 3 rings (SSSR count). The maximum absolute atomic E-state index is 11.6. The van der Waals surface area contributed by atoms with E-state index in [0.717, 1.165) is 18.5 Å². The third-order valence-electron chi connectivity index (χ3n) is 4.53. The van der Waals surface area contributed by atoms with Crippen LogP contribution in [0.25, 0.3) is 11.3 Å². The van der Waals surface area contributed by atoms with E-state index in [0.29, 0.717) is 30.9 Å². The fraction of sp³-hybridized carbons (Fsp3) is 0.412. The van der Waals surface area contributed by atoms with Gasteiger partial charge in [-0.2, -0.15) is 0 Å². The Labute approximate surface area is 157 Å². The van der Waals surface area contributed by atoms with Crippen molar-refractivity contribution < 1.29 is 18.3 Å². The Hall–Kier alpha value is -2.75. The van der Waals surface area contributed by atoms with Crippen LogP contribution in [0, 0.1) is 0 Å². The van der Waals surface area contributed by atoms with Gasteiger partial charge in [-0.05, 0) is 24.6 Å². The van der Waals surface area contributed by atoms with Gasteiger partial charge < -0.3 is 14.9 Å². The first-order chi connectivity index (χ1) is 12.8. The summed E-state index contributed by atoms with van der Waals surface area (Å²) in [7, 11) is -3.48. The van der Waals surface area contributed by atoms with Crippen LogP contribution in [0.5, 0.6) is 0 Å². The molecule has 1 unspecified atom stereocenters. The van der Waals surface area contributed by atoms with Gasteiger partial charge in [0, 0.05) is 43.8 Å². The predicted octanol–water partition coefficient (Wildman–Crippen LogP) is 1.52. The summed E-state index contributed by atoms with van der Waals surface area (Å²) in [5.41, 5.74) is 1.16. The quantitative estimate of drug-likeness (QED) is 0.780. The van der Waals surface area contributed by atoms with Crippen LogP contribution >= 0.6 is 0 Å². The first-order valence-corrected chi connectivity index (χ1v) is 10.4. The number of hydrogen-bond acceptors (Lipinski definition) is 7. The van der Waals surface area contributed by atoms with E-state index >= 15 is 0 Å². The van der Waals surface area contributed by atoms with Crippen molar-refractivity contribution in [1.82, 2.24) is 19.9 Å². The normalized spacial score (nSPS) is 17.8. The molecule has 0 aliphatic carbocycles. The number of piperazine rings is 1. The molecule has 1 aliphatic rings. The van der Waals surface area contributed by atoms with Gasteiger partial charge in [0.2, 0.25) is 15.0 Å². The van der Waals surface area contributed by atoms with Crippen LogP contribution in [0.15, 0.2) is 35.7 Å². The van der Waals surface area contributed by atoms with Crippen LogP contribution in [0.3, 0.4) is 0 Å². The smallest absolute Gasteiger partial charge is 0.407 e. The van der Waals surface area contributed by atoms with Crippen molar-refractivity contribution in [3.63, 3.8) is 0 Å². The van der Waals surface area contributed by atoms with Crippen molar-refractivity contribution >= 4 is 21.7 Å². The second-order valence-corrected chi connectivity index (χ2v) is 8.30. The van der Waals surface area contributed by atoms with Crippen molar-refractivity contribution in [2.24, 2.45) is 0 Å². The average molecular weight is 391 g/mol. The number of amides is 1. The first kappa shape index (κ1) is 19.0. The molecule has 0 saturated carbocycles. The standard InChI is InChI=1S/C17H21N5O4S/c1-3-13-11-21(8-9-22(13)17(23)24)15-5-4-12(10-19-15)14-6-7-18-16(20-14)27(2,25)26/h4-7,10,13H,3,8-9,11H2,1-2H3,(H,23,24). The Morgan fingerprint density at radius 3 is 2.63 bits per heavy atom. The number of anilines is 1. The van der Waals surface area contributed by atoms with Crippen molar-refractivity contribution in [2.45, 2.75) is 24.5 Å². The van der Waals surface area contributed by atoms with Gasteiger partial charge in [-0.1, -0.05) is 6.92 Å². The maximum Gasteiger partial charge on any atom is 0.407 e. The molecule has 0 aromatic carbocycles. The van der Waals surface area contributed by atoms with E-state index in [2.05, 4.69) is 19.9 Å². The van der Waals surface area contributed by atoms with Crippen molar-refractivity contribution in [1.29, 1.82) is 0 Å². The molecule has 0 radical (unpaired) electrons. The number of aromatic nitrogens is 3. The summed E-state index contributed by atoms with van der Waals surface area (Å²) in [6, 6.07) is 5.21. The minimum absolute atomic E-state index is 0.0723. The van der Waals surface area contributed by atoms with E-state index in [9.17, 15) is 18.3 Å². The van der Waals surface area contributed by atoms with E-state index in [1.54, 1.807) is 12.3 Å². The first-order valence-electron chi connectivity index (χ1n) is 8.53. The van der Waals surface area contributed by atoms with Gasteiger partial charge in [0.25, 0.3) is 0 Å². The van der Waals surface area contributed by atoms with E-state index in [1.807, 2.05) is 19.1 Å². The van der Waals surface area contributed by atoms with Gasteiger partial charge in [0.15, 0.2) is 0 Å². The van der Waals surface area contributed by atoms with Gasteiger partial charge >= 0.3 is 6.09 Å². The van der Waals surface area contributed by atoms with Gasteiger partial charge in [0.05, 0.1) is 11.7 Å². The Morgan fingerprint density at radius 1 is 1.26 bits per heavy atom. The van der Waals surface area contributed by atoms with Crippen molar-refractivity contribution in [3.05, 3.63) is 30.6 Å². The second kappa shape index (κ2) is 7.47. The predicted molar refractivity (Wildman–Crippen MR) is 99.4 cm³/mol. The lowest BCUT2D eigenvalue weighted by Crippen LogP contribution is -2.54. The molecule has 9 nitrogen and oxygen atoms in total. The Bertz CT molecular complexity index is 933. The molecule has 3 heterocycles. The zero-order valence-electron chi connectivity index (χ0n) is 15.1. The zero-order valence-corrected chi connectivity index (χ0v) is 15.9. The van der Waals surface area contributed by atoms with Crippen molar-refractivity contribution in [2.75, 3.05) is 30.8 Å². The number of carboxylic acid groups (broad SMARTS) is 1. The zero-order chi connectivity index (χ0) is 19.6. The highest BCUT2D eigenvalue weighted by Crippen LogP contribution is 2.22. The van der Waals surface area contributed by atoms with Gasteiger partial charge in [0.1, 0.15) is 5.82 Å². The molecular formula is C17H21N5O4S. The van der Waals surface area contributed by atoms with Gasteiger partial charge in [-0.3, -0.25) is 0 Å². The van der Waals surface area contributed by atoms with Crippen LogP contribution in [0.4, 0.5) is 10.6 Å². The number of pyridine rings is 1. The summed E-state index contributed by atoms with van der Waals surface area (Å²) < 4.78 is 23.2. The molecule has 144 valence electrons. The summed E-state index contributed by atoms with van der Waals surface area (Å²) in [6.07, 6.45) is 3.94. The minimum atomic E-state index is -3.48. The monoisotopic (exact) mass is 391 g/mol. The van der Waals surface area contributed by atoms with E-state index in [-0.39, 0.29) is 11.2 Å². The number of rotatable bonds is 4. The summed E-state index contributed by atoms with van der Waals surface area (Å²) in [5, 5.41) is 9.05. The van der Waals surface area contributed by atoms with Crippen LogP contribution < -0.4 is 4.90 Å². The van der Waals surface area contributed by atoms with Crippen LogP contribution in [-0.4, -0.2) is 71.4 Å². The lowest BCUT2D eigenvalue weighted by atomic mass is 10.1. The molecule has 0 bridgehead atoms. The van der Waals surface area contributed by atoms with E-state index < -0.39 is 15.9 Å². The van der Waals surface area contributed by atoms with Crippen LogP contribution in [0.1, 0.15) is 13.3 Å². The number of hydrogen-bond donors (Lipinski definition) is 1. The van der Waals surface area contributed by atoms with E-state index in [1.165, 1.54) is 11.1 Å². The molecule has 1 fully saturated rings. The number of sulfone groups is 1. The lowest BCUT2D eigenvalue weighted by molar-refractivity contribution is 0.116. The van der Waals surface area contributed by atoms with Crippen LogP contribution in [-0.2, 0) is 9.84 Å². The second-order valence-electron chi connectivity index (χ2n) is 6.39. The molecule has 1 atom stereocenters. The molecule has 1 N–H and O–H groups in total. The van der Waals surface area contributed by atoms with Crippen LogP contribution in [0.2, 0.25) is 0 Å². The minimum Gasteiger partial charge on any atom is -0.465 e. The fourth-order valence-electron chi connectivity index (χ4n) is 3.07. The van der Waals surface area contributed by atoms with Crippen molar-refractivity contribution in [3.8, 4) is 11.3 Å². The molecule has 2 aromatic heterocycles. The lowest BCUT2D eigenvalue weighted by Gasteiger charge is -2.40. The molecule has 2 aromatic rings. The SMILES string of the molecule is CCC1CN(c2ccc(-c3ccnc(S(C)(=O)=O)n3)cn2)CCN1C(=O)O. The summed E-state index contributed by atoms with van der Waals surface area (Å²) in [5.74, 6) is 0.750.